The van der Waals surface area contributed by atoms with Crippen LogP contribution in [0.5, 0.6) is 0 Å². The number of nitrogens with one attached hydrogen (secondary N) is 2. The summed E-state index contributed by atoms with van der Waals surface area (Å²) in [5.41, 5.74) is 4.20. The zero-order valence-electron chi connectivity index (χ0n) is 11.3. The van der Waals surface area contributed by atoms with Crippen molar-refractivity contribution in [2.45, 2.75) is 0 Å². The van der Waals surface area contributed by atoms with Crippen molar-refractivity contribution in [1.82, 2.24) is 9.97 Å². The predicted octanol–water partition coefficient (Wildman–Crippen LogP) is 1.08. The SMILES string of the molecule is CN(C)c1ccccc1NC(=O)c1cnc(NN)cn1. The van der Waals surface area contributed by atoms with E-state index >= 15 is 0 Å². The Hall–Kier alpha value is -2.67. The van der Waals surface area contributed by atoms with Crippen molar-refractivity contribution in [2.24, 2.45) is 5.84 Å². The highest BCUT2D eigenvalue weighted by molar-refractivity contribution is 6.04. The molecule has 0 saturated heterocycles. The van der Waals surface area contributed by atoms with Crippen LogP contribution in [0.25, 0.3) is 0 Å². The number of aromatic nitrogens is 2. The summed E-state index contributed by atoms with van der Waals surface area (Å²) in [6.07, 6.45) is 2.76. The van der Waals surface area contributed by atoms with Gasteiger partial charge in [-0.1, -0.05) is 12.1 Å². The molecular weight excluding hydrogens is 256 g/mol. The van der Waals surface area contributed by atoms with Gasteiger partial charge < -0.3 is 15.6 Å². The van der Waals surface area contributed by atoms with Gasteiger partial charge >= 0.3 is 0 Å². The van der Waals surface area contributed by atoms with E-state index in [1.54, 1.807) is 0 Å². The van der Waals surface area contributed by atoms with Crippen molar-refractivity contribution in [3.8, 4) is 0 Å². The number of nitrogens with zero attached hydrogens (tertiary/aromatic N) is 3. The minimum atomic E-state index is -0.324. The topological polar surface area (TPSA) is 96.2 Å². The summed E-state index contributed by atoms with van der Waals surface area (Å²) in [5, 5.41) is 2.81. The molecule has 7 nitrogen and oxygen atoms in total. The first-order valence-electron chi connectivity index (χ1n) is 5.98. The van der Waals surface area contributed by atoms with Crippen LogP contribution in [-0.4, -0.2) is 30.0 Å². The normalized spacial score (nSPS) is 9.95. The number of amides is 1. The molecule has 1 amide bonds. The van der Waals surface area contributed by atoms with Crippen molar-refractivity contribution >= 4 is 23.1 Å². The van der Waals surface area contributed by atoms with Gasteiger partial charge in [-0.3, -0.25) is 4.79 Å². The summed E-state index contributed by atoms with van der Waals surface area (Å²) in [5.74, 6) is 5.27. The average Bonchev–Trinajstić information content (AvgIpc) is 2.47. The Morgan fingerprint density at radius 3 is 2.55 bits per heavy atom. The van der Waals surface area contributed by atoms with Gasteiger partial charge in [0.15, 0.2) is 5.82 Å². The molecule has 1 aromatic heterocycles. The summed E-state index contributed by atoms with van der Waals surface area (Å²) in [4.78, 5) is 22.0. The Kier molecular flexibility index (Phi) is 4.11. The fraction of sp³-hybridized carbons (Fsp3) is 0.154. The molecule has 0 atom stereocenters. The van der Waals surface area contributed by atoms with Gasteiger partial charge in [0.05, 0.1) is 23.8 Å². The number of nitrogen functional groups attached to an aromatic ring is 1. The first kappa shape index (κ1) is 13.8. The molecule has 1 heterocycles. The molecule has 0 aliphatic carbocycles. The molecule has 7 heteroatoms. The van der Waals surface area contributed by atoms with Crippen LogP contribution in [0.15, 0.2) is 36.7 Å². The number of rotatable bonds is 4. The van der Waals surface area contributed by atoms with Crippen molar-refractivity contribution in [2.75, 3.05) is 29.7 Å². The molecule has 20 heavy (non-hydrogen) atoms. The minimum absolute atomic E-state index is 0.220. The van der Waals surface area contributed by atoms with Crippen molar-refractivity contribution in [1.29, 1.82) is 0 Å². The third kappa shape index (κ3) is 3.01. The van der Waals surface area contributed by atoms with Gasteiger partial charge in [0.25, 0.3) is 5.91 Å². The maximum Gasteiger partial charge on any atom is 0.275 e. The Morgan fingerprint density at radius 2 is 1.95 bits per heavy atom. The molecule has 0 spiro atoms. The summed E-state index contributed by atoms with van der Waals surface area (Å²) in [6, 6.07) is 7.52. The fourth-order valence-corrected chi connectivity index (χ4v) is 1.68. The number of nitrogens with two attached hydrogens (primary N) is 1. The van der Waals surface area contributed by atoms with E-state index in [4.69, 9.17) is 5.84 Å². The molecule has 0 fully saturated rings. The number of hydrogen-bond donors (Lipinski definition) is 3. The van der Waals surface area contributed by atoms with Gasteiger partial charge in [-0.15, -0.1) is 0 Å². The second-order valence-electron chi connectivity index (χ2n) is 4.30. The highest BCUT2D eigenvalue weighted by atomic mass is 16.1. The van der Waals surface area contributed by atoms with Gasteiger partial charge in [-0.25, -0.2) is 15.8 Å². The van der Waals surface area contributed by atoms with Crippen molar-refractivity contribution in [3.63, 3.8) is 0 Å². The van der Waals surface area contributed by atoms with E-state index in [-0.39, 0.29) is 11.6 Å². The van der Waals surface area contributed by atoms with E-state index in [0.29, 0.717) is 11.5 Å². The van der Waals surface area contributed by atoms with Crippen LogP contribution in [0.2, 0.25) is 0 Å². The van der Waals surface area contributed by atoms with Crippen LogP contribution in [0.3, 0.4) is 0 Å². The first-order chi connectivity index (χ1) is 9.61. The first-order valence-corrected chi connectivity index (χ1v) is 5.98. The molecule has 2 aromatic rings. The van der Waals surface area contributed by atoms with Crippen molar-refractivity contribution < 1.29 is 4.79 Å². The summed E-state index contributed by atoms with van der Waals surface area (Å²) in [6.45, 7) is 0. The fourth-order valence-electron chi connectivity index (χ4n) is 1.68. The second-order valence-corrected chi connectivity index (χ2v) is 4.30. The Labute approximate surface area is 116 Å². The quantitative estimate of drug-likeness (QED) is 0.569. The van der Waals surface area contributed by atoms with E-state index in [9.17, 15) is 4.79 Å². The van der Waals surface area contributed by atoms with E-state index in [2.05, 4.69) is 20.7 Å². The molecule has 0 radical (unpaired) electrons. The van der Waals surface area contributed by atoms with Gasteiger partial charge in [0, 0.05) is 14.1 Å². The van der Waals surface area contributed by atoms with Crippen molar-refractivity contribution in [3.05, 3.63) is 42.4 Å². The zero-order chi connectivity index (χ0) is 14.5. The second kappa shape index (κ2) is 5.98. The van der Waals surface area contributed by atoms with E-state index < -0.39 is 0 Å². The number of hydrogen-bond acceptors (Lipinski definition) is 6. The van der Waals surface area contributed by atoms with Crippen LogP contribution < -0.4 is 21.5 Å². The van der Waals surface area contributed by atoms with Gasteiger partial charge in [0.2, 0.25) is 0 Å². The lowest BCUT2D eigenvalue weighted by molar-refractivity contribution is 0.102. The van der Waals surface area contributed by atoms with E-state index in [1.807, 2.05) is 43.3 Å². The molecule has 2 rings (SSSR count). The summed E-state index contributed by atoms with van der Waals surface area (Å²) in [7, 11) is 3.82. The number of hydrazine groups is 1. The van der Waals surface area contributed by atoms with Crippen LogP contribution >= 0.6 is 0 Å². The van der Waals surface area contributed by atoms with Crippen LogP contribution in [0, 0.1) is 0 Å². The zero-order valence-corrected chi connectivity index (χ0v) is 11.3. The molecule has 0 saturated carbocycles. The van der Waals surface area contributed by atoms with Gasteiger partial charge in [-0.2, -0.15) is 0 Å². The summed E-state index contributed by atoms with van der Waals surface area (Å²) < 4.78 is 0. The lowest BCUT2D eigenvalue weighted by Crippen LogP contribution is -2.18. The van der Waals surface area contributed by atoms with Gasteiger partial charge in [-0.05, 0) is 12.1 Å². The Bertz CT molecular complexity index is 596. The lowest BCUT2D eigenvalue weighted by atomic mass is 10.2. The number of benzene rings is 1. The molecule has 0 aliphatic rings. The molecule has 1 aromatic carbocycles. The number of carbonyl (C=O) groups excluding carboxylic acids is 1. The monoisotopic (exact) mass is 272 g/mol. The predicted molar refractivity (Wildman–Crippen MR) is 78.6 cm³/mol. The molecule has 0 unspecified atom stereocenters. The maximum atomic E-state index is 12.1. The molecule has 104 valence electrons. The largest absolute Gasteiger partial charge is 0.376 e. The third-order valence-electron chi connectivity index (χ3n) is 2.67. The number of para-hydroxylation sites is 2. The lowest BCUT2D eigenvalue weighted by Gasteiger charge is -2.17. The van der Waals surface area contributed by atoms with Crippen LogP contribution in [-0.2, 0) is 0 Å². The summed E-state index contributed by atoms with van der Waals surface area (Å²) >= 11 is 0. The molecular formula is C13H16N6O. The molecule has 0 bridgehead atoms. The molecule has 0 aliphatic heterocycles. The number of carbonyl (C=O) groups is 1. The maximum absolute atomic E-state index is 12.1. The Morgan fingerprint density at radius 1 is 1.20 bits per heavy atom. The molecule has 4 N–H and O–H groups in total. The third-order valence-corrected chi connectivity index (χ3v) is 2.67. The smallest absolute Gasteiger partial charge is 0.275 e. The Balaban J connectivity index is 2.19. The van der Waals surface area contributed by atoms with Crippen LogP contribution in [0.4, 0.5) is 17.2 Å². The minimum Gasteiger partial charge on any atom is -0.376 e. The standard InChI is InChI=1S/C13H16N6O/c1-19(2)11-6-4-3-5-9(11)17-13(20)10-7-16-12(18-14)8-15-10/h3-8H,14H2,1-2H3,(H,16,18)(H,17,20). The number of anilines is 3. The highest BCUT2D eigenvalue weighted by Crippen LogP contribution is 2.23. The van der Waals surface area contributed by atoms with Crippen LogP contribution in [0.1, 0.15) is 10.5 Å². The van der Waals surface area contributed by atoms with Gasteiger partial charge in [0.1, 0.15) is 5.69 Å². The average molecular weight is 272 g/mol. The highest BCUT2D eigenvalue weighted by Gasteiger charge is 2.11. The van der Waals surface area contributed by atoms with E-state index in [1.165, 1.54) is 12.4 Å². The van der Waals surface area contributed by atoms with E-state index in [0.717, 1.165) is 5.69 Å².